The van der Waals surface area contributed by atoms with E-state index in [1.54, 1.807) is 4.90 Å². The van der Waals surface area contributed by atoms with Crippen LogP contribution in [0.2, 0.25) is 0 Å². The third kappa shape index (κ3) is 4.86. The Morgan fingerprint density at radius 1 is 1.30 bits per heavy atom. The maximum absolute atomic E-state index is 12.9. The van der Waals surface area contributed by atoms with Crippen molar-refractivity contribution in [3.05, 3.63) is 38.9 Å². The highest BCUT2D eigenvalue weighted by molar-refractivity contribution is 7.15. The zero-order valence-corrected chi connectivity index (χ0v) is 17.1. The van der Waals surface area contributed by atoms with Crippen LogP contribution >= 0.6 is 11.3 Å². The van der Waals surface area contributed by atoms with E-state index in [-0.39, 0.29) is 23.4 Å². The second-order valence-electron chi connectivity index (χ2n) is 7.31. The van der Waals surface area contributed by atoms with Gasteiger partial charge in [0.25, 0.3) is 5.69 Å². The van der Waals surface area contributed by atoms with E-state index in [9.17, 15) is 28.1 Å². The number of nitrogens with zero attached hydrogens (tertiary/aromatic N) is 4. The molecule has 1 amide bonds. The number of anilines is 2. The molecule has 1 aliphatic heterocycles. The highest BCUT2D eigenvalue weighted by Gasteiger charge is 2.35. The first-order valence-electron chi connectivity index (χ1n) is 9.31. The van der Waals surface area contributed by atoms with Gasteiger partial charge in [0.05, 0.1) is 10.5 Å². The van der Waals surface area contributed by atoms with Crippen LogP contribution < -0.4 is 10.2 Å². The molecule has 3 rings (SSSR count). The van der Waals surface area contributed by atoms with Crippen molar-refractivity contribution in [1.29, 1.82) is 0 Å². The average molecular weight is 443 g/mol. The van der Waals surface area contributed by atoms with Gasteiger partial charge in [-0.15, -0.1) is 10.2 Å². The molecule has 2 heterocycles. The Morgan fingerprint density at radius 3 is 2.50 bits per heavy atom. The third-order valence-corrected chi connectivity index (χ3v) is 6.01. The van der Waals surface area contributed by atoms with E-state index < -0.39 is 22.4 Å². The molecule has 0 spiro atoms. The molecule has 1 aliphatic rings. The van der Waals surface area contributed by atoms with Crippen LogP contribution in [-0.4, -0.2) is 34.1 Å². The minimum absolute atomic E-state index is 0.123. The van der Waals surface area contributed by atoms with Crippen molar-refractivity contribution < 1.29 is 22.9 Å². The van der Waals surface area contributed by atoms with E-state index in [1.807, 2.05) is 13.8 Å². The number of hydrogen-bond acceptors (Lipinski definition) is 7. The molecule has 0 radical (unpaired) electrons. The van der Waals surface area contributed by atoms with Gasteiger partial charge in [0.2, 0.25) is 11.0 Å². The van der Waals surface area contributed by atoms with Gasteiger partial charge in [0, 0.05) is 31.0 Å². The fourth-order valence-electron chi connectivity index (χ4n) is 3.22. The van der Waals surface area contributed by atoms with Gasteiger partial charge in [0.15, 0.2) is 0 Å². The van der Waals surface area contributed by atoms with E-state index in [4.69, 9.17) is 0 Å². The van der Waals surface area contributed by atoms with Crippen molar-refractivity contribution in [2.45, 2.75) is 38.8 Å². The first-order valence-corrected chi connectivity index (χ1v) is 10.1. The summed E-state index contributed by atoms with van der Waals surface area (Å²) in [4.78, 5) is 24.6. The second kappa shape index (κ2) is 8.54. The van der Waals surface area contributed by atoms with Gasteiger partial charge in [-0.3, -0.25) is 14.9 Å². The minimum Gasteiger partial charge on any atom is -0.366 e. The lowest BCUT2D eigenvalue weighted by molar-refractivity contribution is -0.384. The van der Waals surface area contributed by atoms with Crippen molar-refractivity contribution >= 4 is 33.8 Å². The molecule has 0 atom stereocenters. The summed E-state index contributed by atoms with van der Waals surface area (Å²) in [6.07, 6.45) is -3.83. The number of benzene rings is 1. The summed E-state index contributed by atoms with van der Waals surface area (Å²) in [6.45, 7) is 4.58. The molecule has 1 saturated heterocycles. The van der Waals surface area contributed by atoms with Crippen LogP contribution in [0.4, 0.5) is 29.7 Å². The van der Waals surface area contributed by atoms with Gasteiger partial charge in [-0.05, 0) is 25.0 Å². The molecule has 8 nitrogen and oxygen atoms in total. The summed E-state index contributed by atoms with van der Waals surface area (Å²) in [6, 6.07) is 2.51. The lowest BCUT2D eigenvalue weighted by Gasteiger charge is -2.32. The van der Waals surface area contributed by atoms with Crippen LogP contribution in [0.3, 0.4) is 0 Å². The molecule has 1 aromatic carbocycles. The number of carbonyl (C=O) groups is 1. The third-order valence-electron chi connectivity index (χ3n) is 4.87. The summed E-state index contributed by atoms with van der Waals surface area (Å²) < 4.78 is 38.6. The monoisotopic (exact) mass is 443 g/mol. The Hall–Kier alpha value is -2.76. The number of nitrogens with one attached hydrogen (secondary N) is 1. The molecular formula is C18H20F3N5O3S. The maximum atomic E-state index is 12.9. The zero-order valence-electron chi connectivity index (χ0n) is 16.3. The quantitative estimate of drug-likeness (QED) is 0.541. The number of halogens is 3. The Morgan fingerprint density at radius 2 is 1.97 bits per heavy atom. The lowest BCUT2D eigenvalue weighted by Crippen LogP contribution is -2.38. The van der Waals surface area contributed by atoms with Crippen molar-refractivity contribution in [3.8, 4) is 0 Å². The Balaban J connectivity index is 1.66. The van der Waals surface area contributed by atoms with Gasteiger partial charge < -0.3 is 10.2 Å². The molecular weight excluding hydrogens is 423 g/mol. The number of amides is 1. The number of nitro benzene ring substituents is 1. The molecule has 0 aliphatic carbocycles. The fourth-order valence-corrected chi connectivity index (χ4v) is 3.97. The van der Waals surface area contributed by atoms with Gasteiger partial charge in [-0.1, -0.05) is 25.2 Å². The molecule has 12 heteroatoms. The maximum Gasteiger partial charge on any atom is 0.416 e. The Kier molecular flexibility index (Phi) is 6.25. The number of rotatable bonds is 5. The summed E-state index contributed by atoms with van der Waals surface area (Å²) in [7, 11) is 0. The second-order valence-corrected chi connectivity index (χ2v) is 8.32. The normalized spacial score (nSPS) is 15.5. The van der Waals surface area contributed by atoms with Gasteiger partial charge in [-0.2, -0.15) is 13.2 Å². The largest absolute Gasteiger partial charge is 0.416 e. The van der Waals surface area contributed by atoms with Crippen LogP contribution in [0.25, 0.3) is 0 Å². The van der Waals surface area contributed by atoms with Crippen molar-refractivity contribution in [3.63, 3.8) is 0 Å². The molecule has 0 unspecified atom stereocenters. The molecule has 1 fully saturated rings. The number of nitro groups is 1. The number of piperidine rings is 1. The van der Waals surface area contributed by atoms with Gasteiger partial charge in [-0.25, -0.2) is 0 Å². The highest BCUT2D eigenvalue weighted by atomic mass is 32.1. The predicted octanol–water partition coefficient (Wildman–Crippen LogP) is 4.44. The van der Waals surface area contributed by atoms with Crippen LogP contribution in [0.5, 0.6) is 0 Å². The van der Waals surface area contributed by atoms with Crippen LogP contribution in [-0.2, 0) is 11.0 Å². The van der Waals surface area contributed by atoms with E-state index in [0.717, 1.165) is 17.1 Å². The Bertz CT molecular complexity index is 939. The highest BCUT2D eigenvalue weighted by Crippen LogP contribution is 2.37. The SMILES string of the molecule is CC(C)c1nnc(NC(=O)C2CCN(c3ccc(C(F)(F)F)cc3[N+](=O)[O-])CC2)s1. The summed E-state index contributed by atoms with van der Waals surface area (Å²) in [5.41, 5.74) is -1.54. The molecule has 1 N–H and O–H groups in total. The number of aromatic nitrogens is 2. The van der Waals surface area contributed by atoms with Crippen molar-refractivity contribution in [2.75, 3.05) is 23.3 Å². The predicted molar refractivity (Wildman–Crippen MR) is 106 cm³/mol. The lowest BCUT2D eigenvalue weighted by atomic mass is 9.95. The van der Waals surface area contributed by atoms with Crippen molar-refractivity contribution in [1.82, 2.24) is 10.2 Å². The van der Waals surface area contributed by atoms with E-state index in [1.165, 1.54) is 11.3 Å². The molecule has 0 bridgehead atoms. The topological polar surface area (TPSA) is 101 Å². The smallest absolute Gasteiger partial charge is 0.366 e. The van der Waals surface area contributed by atoms with Crippen molar-refractivity contribution in [2.24, 2.45) is 5.92 Å². The summed E-state index contributed by atoms with van der Waals surface area (Å²) in [5, 5.41) is 23.3. The van der Waals surface area contributed by atoms with Crippen LogP contribution in [0.15, 0.2) is 18.2 Å². The molecule has 1 aromatic heterocycles. The Labute approximate surface area is 174 Å². The van der Waals surface area contributed by atoms with Gasteiger partial charge >= 0.3 is 6.18 Å². The summed E-state index contributed by atoms with van der Waals surface area (Å²) >= 11 is 1.31. The molecule has 0 saturated carbocycles. The molecule has 162 valence electrons. The van der Waals surface area contributed by atoms with Crippen LogP contribution in [0, 0.1) is 16.0 Å². The van der Waals surface area contributed by atoms with E-state index in [2.05, 4.69) is 15.5 Å². The fraction of sp³-hybridized carbons (Fsp3) is 0.500. The standard InChI is InChI=1S/C18H20F3N5O3S/c1-10(2)16-23-24-17(30-16)22-15(27)11-5-7-25(8-6-11)13-4-3-12(18(19,20)21)9-14(13)26(28)29/h3-4,9-11H,5-8H2,1-2H3,(H,22,24,27). The number of hydrogen-bond donors (Lipinski definition) is 1. The van der Waals surface area contributed by atoms with E-state index >= 15 is 0 Å². The first-order chi connectivity index (χ1) is 14.1. The first kappa shape index (κ1) is 21.9. The average Bonchev–Trinajstić information content (AvgIpc) is 3.15. The van der Waals surface area contributed by atoms with Gasteiger partial charge in [0.1, 0.15) is 10.7 Å². The summed E-state index contributed by atoms with van der Waals surface area (Å²) in [5.74, 6) is -0.319. The van der Waals surface area contributed by atoms with Crippen LogP contribution in [0.1, 0.15) is 43.2 Å². The van der Waals surface area contributed by atoms with E-state index in [0.29, 0.717) is 37.1 Å². The number of carbonyl (C=O) groups excluding carboxylic acids is 1. The molecule has 30 heavy (non-hydrogen) atoms. The number of alkyl halides is 3. The molecule has 2 aromatic rings. The minimum atomic E-state index is -4.66. The zero-order chi connectivity index (χ0) is 22.1.